The Balaban J connectivity index is 1.39. The van der Waals surface area contributed by atoms with Gasteiger partial charge in [-0.1, -0.05) is 54.6 Å². The van der Waals surface area contributed by atoms with E-state index in [2.05, 4.69) is 46.7 Å². The van der Waals surface area contributed by atoms with Crippen LogP contribution in [0.4, 0.5) is 0 Å². The molecule has 0 unspecified atom stereocenters. The SMILES string of the molecule is C=CCc1ccccc1OC[C@@H](O)CN1CCN(Cc2ccccc2)CC1. The molecule has 0 aromatic heterocycles. The summed E-state index contributed by atoms with van der Waals surface area (Å²) >= 11 is 0. The van der Waals surface area contributed by atoms with Crippen molar-refractivity contribution in [1.29, 1.82) is 0 Å². The number of allylic oxidation sites excluding steroid dienone is 1. The van der Waals surface area contributed by atoms with Crippen LogP contribution in [0.2, 0.25) is 0 Å². The summed E-state index contributed by atoms with van der Waals surface area (Å²) < 4.78 is 5.86. The molecule has 1 heterocycles. The van der Waals surface area contributed by atoms with Crippen LogP contribution in [0.25, 0.3) is 0 Å². The molecule has 4 heteroatoms. The van der Waals surface area contributed by atoms with Gasteiger partial charge in [-0.25, -0.2) is 0 Å². The van der Waals surface area contributed by atoms with E-state index in [4.69, 9.17) is 4.74 Å². The Kier molecular flexibility index (Phi) is 7.45. The van der Waals surface area contributed by atoms with Crippen LogP contribution in [0.5, 0.6) is 5.75 Å². The number of hydrogen-bond donors (Lipinski definition) is 1. The van der Waals surface area contributed by atoms with Crippen molar-refractivity contribution in [1.82, 2.24) is 9.80 Å². The summed E-state index contributed by atoms with van der Waals surface area (Å²) in [5.74, 6) is 0.837. The Morgan fingerprint density at radius 3 is 2.37 bits per heavy atom. The van der Waals surface area contributed by atoms with Crippen LogP contribution in [0.1, 0.15) is 11.1 Å². The first-order valence-corrected chi connectivity index (χ1v) is 9.73. The van der Waals surface area contributed by atoms with E-state index in [1.54, 1.807) is 0 Å². The van der Waals surface area contributed by atoms with Gasteiger partial charge in [0.2, 0.25) is 0 Å². The van der Waals surface area contributed by atoms with Gasteiger partial charge in [0.25, 0.3) is 0 Å². The van der Waals surface area contributed by atoms with Crippen LogP contribution in [-0.4, -0.2) is 60.3 Å². The number of rotatable bonds is 9. The van der Waals surface area contributed by atoms with E-state index in [-0.39, 0.29) is 0 Å². The van der Waals surface area contributed by atoms with Crippen LogP contribution >= 0.6 is 0 Å². The third-order valence-electron chi connectivity index (χ3n) is 4.95. The van der Waals surface area contributed by atoms with Gasteiger partial charge >= 0.3 is 0 Å². The number of aliphatic hydroxyl groups is 1. The molecule has 0 spiro atoms. The van der Waals surface area contributed by atoms with E-state index in [0.29, 0.717) is 13.2 Å². The number of benzene rings is 2. The lowest BCUT2D eigenvalue weighted by atomic mass is 10.1. The molecule has 1 atom stereocenters. The fourth-order valence-electron chi connectivity index (χ4n) is 3.48. The molecule has 2 aromatic carbocycles. The lowest BCUT2D eigenvalue weighted by Crippen LogP contribution is -2.48. The number of nitrogens with zero attached hydrogens (tertiary/aromatic N) is 2. The highest BCUT2D eigenvalue weighted by atomic mass is 16.5. The molecule has 0 saturated carbocycles. The lowest BCUT2D eigenvalue weighted by molar-refractivity contribution is 0.0444. The van der Waals surface area contributed by atoms with Crippen LogP contribution in [-0.2, 0) is 13.0 Å². The first-order chi connectivity index (χ1) is 13.2. The van der Waals surface area contributed by atoms with Gasteiger partial charge in [0.15, 0.2) is 0 Å². The number of piperazine rings is 1. The van der Waals surface area contributed by atoms with Crippen LogP contribution < -0.4 is 4.74 Å². The molecule has 3 rings (SSSR count). The van der Waals surface area contributed by atoms with E-state index in [9.17, 15) is 5.11 Å². The summed E-state index contributed by atoms with van der Waals surface area (Å²) in [7, 11) is 0. The van der Waals surface area contributed by atoms with E-state index >= 15 is 0 Å². The van der Waals surface area contributed by atoms with Crippen molar-refractivity contribution in [3.8, 4) is 5.75 Å². The molecule has 1 aliphatic heterocycles. The number of hydrogen-bond acceptors (Lipinski definition) is 4. The minimum atomic E-state index is -0.484. The maximum absolute atomic E-state index is 10.4. The predicted octanol–water partition coefficient (Wildman–Crippen LogP) is 2.97. The lowest BCUT2D eigenvalue weighted by Gasteiger charge is -2.35. The second-order valence-electron chi connectivity index (χ2n) is 7.13. The number of aliphatic hydroxyl groups excluding tert-OH is 1. The van der Waals surface area contributed by atoms with Crippen molar-refractivity contribution < 1.29 is 9.84 Å². The standard InChI is InChI=1S/C23H30N2O2/c1-2-8-21-11-6-7-12-23(21)27-19-22(26)18-25-15-13-24(14-16-25)17-20-9-4-3-5-10-20/h2-7,9-12,22,26H,1,8,13-19H2/t22-/m0/s1. The molecule has 0 bridgehead atoms. The summed E-state index contributed by atoms with van der Waals surface area (Å²) in [6, 6.07) is 18.5. The molecule has 0 amide bonds. The summed E-state index contributed by atoms with van der Waals surface area (Å²) in [6.45, 7) is 9.79. The Hall–Kier alpha value is -2.14. The Morgan fingerprint density at radius 2 is 1.63 bits per heavy atom. The zero-order valence-corrected chi connectivity index (χ0v) is 16.0. The molecule has 0 aliphatic carbocycles. The molecular weight excluding hydrogens is 336 g/mol. The third-order valence-corrected chi connectivity index (χ3v) is 4.95. The van der Waals surface area contributed by atoms with Gasteiger partial charge in [0.05, 0.1) is 0 Å². The molecule has 1 saturated heterocycles. The second kappa shape index (κ2) is 10.3. The van der Waals surface area contributed by atoms with Crippen molar-refractivity contribution in [2.75, 3.05) is 39.3 Å². The highest BCUT2D eigenvalue weighted by Gasteiger charge is 2.19. The van der Waals surface area contributed by atoms with Crippen molar-refractivity contribution >= 4 is 0 Å². The fraction of sp³-hybridized carbons (Fsp3) is 0.391. The molecule has 144 valence electrons. The molecule has 4 nitrogen and oxygen atoms in total. The van der Waals surface area contributed by atoms with Gasteiger partial charge in [-0.15, -0.1) is 6.58 Å². The van der Waals surface area contributed by atoms with Gasteiger partial charge in [0.1, 0.15) is 18.5 Å². The molecule has 2 aromatic rings. The smallest absolute Gasteiger partial charge is 0.122 e. The first-order valence-electron chi connectivity index (χ1n) is 9.73. The van der Waals surface area contributed by atoms with Crippen molar-refractivity contribution in [3.63, 3.8) is 0 Å². The maximum Gasteiger partial charge on any atom is 0.122 e. The van der Waals surface area contributed by atoms with Crippen molar-refractivity contribution in [3.05, 3.63) is 78.4 Å². The van der Waals surface area contributed by atoms with Crippen molar-refractivity contribution in [2.45, 2.75) is 19.1 Å². The summed E-state index contributed by atoms with van der Waals surface area (Å²) in [5.41, 5.74) is 2.46. The Morgan fingerprint density at radius 1 is 0.963 bits per heavy atom. The fourth-order valence-corrected chi connectivity index (χ4v) is 3.48. The topological polar surface area (TPSA) is 35.9 Å². The third kappa shape index (κ3) is 6.21. The van der Waals surface area contributed by atoms with E-state index < -0.39 is 6.10 Å². The van der Waals surface area contributed by atoms with Crippen LogP contribution in [0, 0.1) is 0 Å². The number of ether oxygens (including phenoxy) is 1. The van der Waals surface area contributed by atoms with Gasteiger partial charge in [0, 0.05) is 39.3 Å². The van der Waals surface area contributed by atoms with Gasteiger partial charge < -0.3 is 9.84 Å². The largest absolute Gasteiger partial charge is 0.491 e. The monoisotopic (exact) mass is 366 g/mol. The summed E-state index contributed by atoms with van der Waals surface area (Å²) in [6.07, 6.45) is 2.16. The van der Waals surface area contributed by atoms with Gasteiger partial charge in [-0.3, -0.25) is 9.80 Å². The van der Waals surface area contributed by atoms with E-state index in [1.807, 2.05) is 30.3 Å². The molecular formula is C23H30N2O2. The van der Waals surface area contributed by atoms with Crippen molar-refractivity contribution in [2.24, 2.45) is 0 Å². The first kappa shape index (κ1) is 19.6. The molecule has 1 aliphatic rings. The minimum absolute atomic E-state index is 0.318. The van der Waals surface area contributed by atoms with Crippen LogP contribution in [0.3, 0.4) is 0 Å². The minimum Gasteiger partial charge on any atom is -0.491 e. The average Bonchev–Trinajstić information content (AvgIpc) is 2.70. The van der Waals surface area contributed by atoms with Crippen LogP contribution in [0.15, 0.2) is 67.3 Å². The maximum atomic E-state index is 10.4. The normalized spacial score (nSPS) is 16.8. The highest BCUT2D eigenvalue weighted by molar-refractivity contribution is 5.34. The molecule has 1 fully saturated rings. The number of β-amino-alcohol motifs (C(OH)–C–C–N with tert-alkyl or cyclic N) is 1. The van der Waals surface area contributed by atoms with Gasteiger partial charge in [-0.05, 0) is 23.6 Å². The Bertz CT molecular complexity index is 697. The molecule has 27 heavy (non-hydrogen) atoms. The zero-order valence-electron chi connectivity index (χ0n) is 16.0. The predicted molar refractivity (Wildman–Crippen MR) is 110 cm³/mol. The van der Waals surface area contributed by atoms with Gasteiger partial charge in [-0.2, -0.15) is 0 Å². The quantitative estimate of drug-likeness (QED) is 0.692. The number of para-hydroxylation sites is 1. The average molecular weight is 367 g/mol. The summed E-state index contributed by atoms with van der Waals surface area (Å²) in [4.78, 5) is 4.80. The van der Waals surface area contributed by atoms with E-state index in [0.717, 1.165) is 50.5 Å². The molecule has 1 N–H and O–H groups in total. The molecule has 0 radical (unpaired) electrons. The zero-order chi connectivity index (χ0) is 18.9. The second-order valence-corrected chi connectivity index (χ2v) is 7.13. The highest BCUT2D eigenvalue weighted by Crippen LogP contribution is 2.19. The van der Waals surface area contributed by atoms with E-state index in [1.165, 1.54) is 5.56 Å². The summed E-state index contributed by atoms with van der Waals surface area (Å²) in [5, 5.41) is 10.4. The Labute approximate surface area is 162 Å².